The SMILES string of the molecule is CC1(C)[C@@H]2CC[C@@]1(C)[C@@H](NC(=O)CSc1nnc(N)s1)C2. The highest BCUT2D eigenvalue weighted by atomic mass is 32.2. The second kappa shape index (κ2) is 5.12. The first-order chi connectivity index (χ1) is 9.83. The van der Waals surface area contributed by atoms with Gasteiger partial charge in [0.2, 0.25) is 11.0 Å². The zero-order chi connectivity index (χ0) is 15.3. The van der Waals surface area contributed by atoms with Crippen molar-refractivity contribution in [2.75, 3.05) is 11.5 Å². The second-order valence-corrected chi connectivity index (χ2v) is 9.16. The van der Waals surface area contributed by atoms with Gasteiger partial charge in [0.1, 0.15) is 0 Å². The number of nitrogens with one attached hydrogen (secondary N) is 1. The number of carbonyl (C=O) groups excluding carboxylic acids is 1. The molecule has 0 unspecified atom stereocenters. The van der Waals surface area contributed by atoms with Crippen molar-refractivity contribution >= 4 is 34.1 Å². The van der Waals surface area contributed by atoms with Crippen molar-refractivity contribution in [1.82, 2.24) is 15.5 Å². The molecule has 3 atom stereocenters. The van der Waals surface area contributed by atoms with E-state index in [4.69, 9.17) is 5.73 Å². The first kappa shape index (κ1) is 15.1. The Morgan fingerprint density at radius 1 is 1.48 bits per heavy atom. The Bertz CT molecular complexity index is 559. The normalized spacial score (nSPS) is 33.3. The van der Waals surface area contributed by atoms with Gasteiger partial charge in [-0.3, -0.25) is 4.79 Å². The number of aromatic nitrogens is 2. The van der Waals surface area contributed by atoms with E-state index in [1.165, 1.54) is 35.9 Å². The lowest BCUT2D eigenvalue weighted by atomic mass is 9.69. The monoisotopic (exact) mass is 326 g/mol. The van der Waals surface area contributed by atoms with E-state index < -0.39 is 0 Å². The lowest BCUT2D eigenvalue weighted by Crippen LogP contribution is -2.47. The van der Waals surface area contributed by atoms with Crippen molar-refractivity contribution in [3.63, 3.8) is 0 Å². The molecule has 5 nitrogen and oxygen atoms in total. The maximum absolute atomic E-state index is 12.2. The van der Waals surface area contributed by atoms with Crippen molar-refractivity contribution in [2.24, 2.45) is 16.7 Å². The number of thioether (sulfide) groups is 1. The summed E-state index contributed by atoms with van der Waals surface area (Å²) in [6.07, 6.45) is 3.63. The smallest absolute Gasteiger partial charge is 0.230 e. The molecule has 3 N–H and O–H groups in total. The van der Waals surface area contributed by atoms with Gasteiger partial charge in [-0.1, -0.05) is 43.9 Å². The number of amides is 1. The third-order valence-corrected chi connectivity index (χ3v) is 7.76. The third kappa shape index (κ3) is 2.44. The van der Waals surface area contributed by atoms with Crippen molar-refractivity contribution in [1.29, 1.82) is 0 Å². The van der Waals surface area contributed by atoms with Crippen LogP contribution in [0.1, 0.15) is 40.0 Å². The minimum atomic E-state index is 0.0864. The standard InChI is InChI=1S/C14H22N4OS2/c1-13(2)8-4-5-14(13,3)9(6-8)16-10(19)7-20-12-18-17-11(15)21-12/h8-9H,4-7H2,1-3H3,(H2,15,17)(H,16,19)/t8-,9+,14+/m1/s1. The molecule has 0 spiro atoms. The number of hydrogen-bond donors (Lipinski definition) is 2. The Morgan fingerprint density at radius 2 is 2.24 bits per heavy atom. The van der Waals surface area contributed by atoms with E-state index in [-0.39, 0.29) is 11.3 Å². The first-order valence-electron chi connectivity index (χ1n) is 7.34. The zero-order valence-electron chi connectivity index (χ0n) is 12.7. The molecule has 1 amide bonds. The molecule has 0 aromatic carbocycles. The summed E-state index contributed by atoms with van der Waals surface area (Å²) in [5.74, 6) is 1.21. The van der Waals surface area contributed by atoms with E-state index in [2.05, 4.69) is 36.3 Å². The molecule has 2 bridgehead atoms. The molecule has 2 fully saturated rings. The number of fused-ring (bicyclic) bond motifs is 2. The zero-order valence-corrected chi connectivity index (χ0v) is 14.3. The number of nitrogens with zero attached hydrogens (tertiary/aromatic N) is 2. The fraction of sp³-hybridized carbons (Fsp3) is 0.786. The van der Waals surface area contributed by atoms with Crippen LogP contribution in [0.3, 0.4) is 0 Å². The topological polar surface area (TPSA) is 80.9 Å². The van der Waals surface area contributed by atoms with Gasteiger partial charge in [-0.25, -0.2) is 0 Å². The molecular weight excluding hydrogens is 304 g/mol. The molecule has 1 heterocycles. The molecule has 1 aromatic rings. The predicted octanol–water partition coefficient (Wildman–Crippen LogP) is 2.54. The van der Waals surface area contributed by atoms with Gasteiger partial charge in [0.15, 0.2) is 4.34 Å². The summed E-state index contributed by atoms with van der Waals surface area (Å²) >= 11 is 2.73. The molecule has 7 heteroatoms. The van der Waals surface area contributed by atoms with Crippen LogP contribution < -0.4 is 11.1 Å². The third-order valence-electron chi connectivity index (χ3n) is 5.88. The summed E-state index contributed by atoms with van der Waals surface area (Å²) in [4.78, 5) is 12.2. The Kier molecular flexibility index (Phi) is 3.68. The Hall–Kier alpha value is -0.820. The highest BCUT2D eigenvalue weighted by Crippen LogP contribution is 2.65. The van der Waals surface area contributed by atoms with Crippen molar-refractivity contribution in [3.8, 4) is 0 Å². The summed E-state index contributed by atoms with van der Waals surface area (Å²) in [6.45, 7) is 7.05. The van der Waals surface area contributed by atoms with Crippen molar-refractivity contribution in [2.45, 2.75) is 50.4 Å². The fourth-order valence-corrected chi connectivity index (χ4v) is 5.51. The number of rotatable bonds is 4. The van der Waals surface area contributed by atoms with Crippen LogP contribution in [0.4, 0.5) is 5.13 Å². The van der Waals surface area contributed by atoms with Crippen LogP contribution in [0.25, 0.3) is 0 Å². The summed E-state index contributed by atoms with van der Waals surface area (Å²) in [7, 11) is 0. The summed E-state index contributed by atoms with van der Waals surface area (Å²) in [5.41, 5.74) is 6.09. The minimum Gasteiger partial charge on any atom is -0.374 e. The molecule has 3 rings (SSSR count). The van der Waals surface area contributed by atoms with E-state index in [9.17, 15) is 4.79 Å². The molecule has 2 aliphatic carbocycles. The van der Waals surface area contributed by atoms with E-state index in [0.29, 0.717) is 22.3 Å². The molecule has 1 aromatic heterocycles. The van der Waals surface area contributed by atoms with Gasteiger partial charge in [-0.05, 0) is 36.0 Å². The molecule has 116 valence electrons. The molecule has 2 aliphatic rings. The fourth-order valence-electron chi connectivity index (χ4n) is 4.06. The van der Waals surface area contributed by atoms with Crippen LogP contribution in [0, 0.1) is 16.7 Å². The Balaban J connectivity index is 1.56. The van der Waals surface area contributed by atoms with Gasteiger partial charge in [-0.15, -0.1) is 10.2 Å². The van der Waals surface area contributed by atoms with Gasteiger partial charge in [0, 0.05) is 6.04 Å². The predicted molar refractivity (Wildman–Crippen MR) is 86.2 cm³/mol. The Labute approximate surface area is 133 Å². The van der Waals surface area contributed by atoms with E-state index in [0.717, 1.165) is 16.7 Å². The number of anilines is 1. The molecule has 0 saturated heterocycles. The van der Waals surface area contributed by atoms with Gasteiger partial charge < -0.3 is 11.1 Å². The van der Waals surface area contributed by atoms with Crippen molar-refractivity contribution in [3.05, 3.63) is 0 Å². The van der Waals surface area contributed by atoms with Gasteiger partial charge in [0.25, 0.3) is 0 Å². The van der Waals surface area contributed by atoms with Crippen LogP contribution >= 0.6 is 23.1 Å². The largest absolute Gasteiger partial charge is 0.374 e. The molecule has 0 aliphatic heterocycles. The maximum atomic E-state index is 12.2. The van der Waals surface area contributed by atoms with E-state index in [1.54, 1.807) is 0 Å². The van der Waals surface area contributed by atoms with E-state index in [1.807, 2.05) is 0 Å². The summed E-state index contributed by atoms with van der Waals surface area (Å²) in [6, 6.07) is 0.304. The number of carbonyl (C=O) groups is 1. The first-order valence-corrected chi connectivity index (χ1v) is 9.14. The summed E-state index contributed by atoms with van der Waals surface area (Å²) in [5, 5.41) is 11.4. The quantitative estimate of drug-likeness (QED) is 0.831. The molecule has 21 heavy (non-hydrogen) atoms. The van der Waals surface area contributed by atoms with Crippen LogP contribution in [0.15, 0.2) is 4.34 Å². The maximum Gasteiger partial charge on any atom is 0.230 e. The lowest BCUT2D eigenvalue weighted by molar-refractivity contribution is -0.120. The van der Waals surface area contributed by atoms with Crippen LogP contribution in [-0.2, 0) is 4.79 Å². The molecule has 2 saturated carbocycles. The van der Waals surface area contributed by atoms with Gasteiger partial charge in [0.05, 0.1) is 5.75 Å². The number of nitrogen functional groups attached to an aromatic ring is 1. The second-order valence-electron chi connectivity index (χ2n) is 6.93. The summed E-state index contributed by atoms with van der Waals surface area (Å²) < 4.78 is 0.752. The van der Waals surface area contributed by atoms with Gasteiger partial charge >= 0.3 is 0 Å². The van der Waals surface area contributed by atoms with Crippen LogP contribution in [-0.4, -0.2) is 27.9 Å². The number of nitrogens with two attached hydrogens (primary N) is 1. The van der Waals surface area contributed by atoms with Gasteiger partial charge in [-0.2, -0.15) is 0 Å². The molecule has 0 radical (unpaired) electrons. The number of hydrogen-bond acceptors (Lipinski definition) is 6. The van der Waals surface area contributed by atoms with Crippen LogP contribution in [0.5, 0.6) is 0 Å². The Morgan fingerprint density at radius 3 is 2.76 bits per heavy atom. The molecular formula is C14H22N4OS2. The average Bonchev–Trinajstić information content (AvgIpc) is 2.98. The average molecular weight is 326 g/mol. The van der Waals surface area contributed by atoms with Crippen molar-refractivity contribution < 1.29 is 4.79 Å². The van der Waals surface area contributed by atoms with Crippen LogP contribution in [0.2, 0.25) is 0 Å². The van der Waals surface area contributed by atoms with E-state index >= 15 is 0 Å². The highest BCUT2D eigenvalue weighted by Gasteiger charge is 2.61. The lowest BCUT2D eigenvalue weighted by Gasteiger charge is -2.39. The minimum absolute atomic E-state index is 0.0864. The highest BCUT2D eigenvalue weighted by molar-refractivity contribution is 8.01.